The molecule has 0 aliphatic carbocycles. The minimum absolute atomic E-state index is 0.331. The number of carboxylic acid groups (broad SMARTS) is 1. The minimum atomic E-state index is -0.889. The highest BCUT2D eigenvalue weighted by Gasteiger charge is 2.17. The van der Waals surface area contributed by atoms with Crippen LogP contribution >= 0.6 is 11.8 Å². The number of carbonyl (C=O) groups is 1. The summed E-state index contributed by atoms with van der Waals surface area (Å²) in [5.74, 6) is 0.720. The Labute approximate surface area is 139 Å². The summed E-state index contributed by atoms with van der Waals surface area (Å²) in [5.41, 5.74) is 2.55. The molecule has 0 atom stereocenters. The molecule has 0 bridgehead atoms. The number of hydrogen-bond acceptors (Lipinski definition) is 5. The van der Waals surface area contributed by atoms with Gasteiger partial charge < -0.3 is 9.84 Å². The van der Waals surface area contributed by atoms with Crippen molar-refractivity contribution in [2.24, 2.45) is 0 Å². The van der Waals surface area contributed by atoms with Crippen LogP contribution in [0.4, 0.5) is 0 Å². The van der Waals surface area contributed by atoms with E-state index in [1.165, 1.54) is 10.5 Å². The summed E-state index contributed by atoms with van der Waals surface area (Å²) in [6.07, 6.45) is 1.87. The lowest BCUT2D eigenvalue weighted by Gasteiger charge is -2.20. The number of fused-ring (bicyclic) bond motifs is 1. The highest BCUT2D eigenvalue weighted by Crippen LogP contribution is 2.29. The summed E-state index contributed by atoms with van der Waals surface area (Å²) in [6.45, 7) is 2.48. The number of aromatic nitrogens is 1. The van der Waals surface area contributed by atoms with E-state index in [0.29, 0.717) is 11.4 Å². The van der Waals surface area contributed by atoms with Crippen molar-refractivity contribution in [3.8, 4) is 5.88 Å². The molecule has 0 saturated heterocycles. The average molecular weight is 330 g/mol. The number of aromatic carboxylic acids is 1. The Morgan fingerprint density at radius 3 is 3.09 bits per heavy atom. The fourth-order valence-corrected chi connectivity index (χ4v) is 3.63. The van der Waals surface area contributed by atoms with Gasteiger partial charge in [-0.2, -0.15) is 0 Å². The van der Waals surface area contributed by atoms with Crippen LogP contribution in [0.2, 0.25) is 0 Å². The minimum Gasteiger partial charge on any atom is -0.481 e. The smallest absolute Gasteiger partial charge is 0.335 e. The van der Waals surface area contributed by atoms with Gasteiger partial charge in [-0.3, -0.25) is 4.90 Å². The van der Waals surface area contributed by atoms with Crippen LogP contribution < -0.4 is 4.74 Å². The van der Waals surface area contributed by atoms with Crippen LogP contribution in [0.1, 0.15) is 21.5 Å². The van der Waals surface area contributed by atoms with Gasteiger partial charge in [0.05, 0.1) is 12.7 Å². The van der Waals surface area contributed by atoms with Crippen LogP contribution in [-0.2, 0) is 13.1 Å². The first-order valence-electron chi connectivity index (χ1n) is 7.36. The maximum absolute atomic E-state index is 11.1. The standard InChI is InChI=1S/C17H18N2O3S/c1-22-16-8-14-11-19(5-6-23-15(14)9-18-16)10-12-3-2-4-13(7-12)17(20)21/h2-4,7-9H,5-6,10-11H2,1H3,(H,20,21). The van der Waals surface area contributed by atoms with Gasteiger partial charge in [-0.1, -0.05) is 12.1 Å². The van der Waals surface area contributed by atoms with E-state index in [4.69, 9.17) is 9.84 Å². The van der Waals surface area contributed by atoms with Crippen molar-refractivity contribution >= 4 is 17.7 Å². The normalized spacial score (nSPS) is 14.8. The van der Waals surface area contributed by atoms with E-state index in [1.807, 2.05) is 18.3 Å². The third-order valence-electron chi connectivity index (χ3n) is 3.77. The maximum atomic E-state index is 11.1. The number of nitrogens with zero attached hydrogens (tertiary/aromatic N) is 2. The van der Waals surface area contributed by atoms with E-state index in [0.717, 1.165) is 31.0 Å². The number of methoxy groups -OCH3 is 1. The number of rotatable bonds is 4. The predicted octanol–water partition coefficient (Wildman–Crippen LogP) is 2.90. The number of pyridine rings is 1. The highest BCUT2D eigenvalue weighted by molar-refractivity contribution is 7.99. The van der Waals surface area contributed by atoms with Crippen molar-refractivity contribution in [2.75, 3.05) is 19.4 Å². The number of thioether (sulfide) groups is 1. The van der Waals surface area contributed by atoms with Crippen LogP contribution in [0.3, 0.4) is 0 Å². The van der Waals surface area contributed by atoms with Crippen molar-refractivity contribution in [3.05, 3.63) is 53.2 Å². The van der Waals surface area contributed by atoms with Gasteiger partial charge in [0.1, 0.15) is 0 Å². The Balaban J connectivity index is 1.78. The molecule has 2 heterocycles. The number of benzene rings is 1. The zero-order valence-corrected chi connectivity index (χ0v) is 13.7. The molecule has 1 aliphatic heterocycles. The van der Waals surface area contributed by atoms with E-state index >= 15 is 0 Å². The first-order chi connectivity index (χ1) is 11.2. The maximum Gasteiger partial charge on any atom is 0.335 e. The molecule has 0 spiro atoms. The Morgan fingerprint density at radius 2 is 2.30 bits per heavy atom. The first kappa shape index (κ1) is 15.8. The molecule has 23 heavy (non-hydrogen) atoms. The summed E-state index contributed by atoms with van der Waals surface area (Å²) in [5, 5.41) is 9.11. The fraction of sp³-hybridized carbons (Fsp3) is 0.294. The molecule has 5 nitrogen and oxygen atoms in total. The second kappa shape index (κ2) is 7.02. The molecule has 0 amide bonds. The SMILES string of the molecule is COc1cc2c(cn1)SCCN(Cc1cccc(C(=O)O)c1)C2. The van der Waals surface area contributed by atoms with Gasteiger partial charge in [-0.05, 0) is 23.3 Å². The van der Waals surface area contributed by atoms with Gasteiger partial charge in [0.15, 0.2) is 0 Å². The van der Waals surface area contributed by atoms with Crippen LogP contribution in [0.15, 0.2) is 41.4 Å². The third kappa shape index (κ3) is 3.83. The largest absolute Gasteiger partial charge is 0.481 e. The van der Waals surface area contributed by atoms with E-state index < -0.39 is 5.97 Å². The zero-order chi connectivity index (χ0) is 16.2. The molecule has 120 valence electrons. The summed E-state index contributed by atoms with van der Waals surface area (Å²) in [4.78, 5) is 18.9. The lowest BCUT2D eigenvalue weighted by Crippen LogP contribution is -2.24. The van der Waals surface area contributed by atoms with Crippen molar-refractivity contribution in [1.29, 1.82) is 0 Å². The molecular weight excluding hydrogens is 312 g/mol. The summed E-state index contributed by atoms with van der Waals surface area (Å²) >= 11 is 1.80. The third-order valence-corrected chi connectivity index (χ3v) is 4.84. The summed E-state index contributed by atoms with van der Waals surface area (Å²) < 4.78 is 5.21. The Hall–Kier alpha value is -2.05. The second-order valence-corrected chi connectivity index (χ2v) is 6.54. The van der Waals surface area contributed by atoms with Crippen molar-refractivity contribution < 1.29 is 14.6 Å². The van der Waals surface area contributed by atoms with E-state index in [-0.39, 0.29) is 0 Å². The number of hydrogen-bond donors (Lipinski definition) is 1. The Kier molecular flexibility index (Phi) is 4.83. The lowest BCUT2D eigenvalue weighted by atomic mass is 10.1. The second-order valence-electron chi connectivity index (χ2n) is 5.40. The average Bonchev–Trinajstić information content (AvgIpc) is 2.75. The van der Waals surface area contributed by atoms with Gasteiger partial charge in [-0.25, -0.2) is 9.78 Å². The summed E-state index contributed by atoms with van der Waals surface area (Å²) in [7, 11) is 1.62. The number of ether oxygens (including phenoxy) is 1. The van der Waals surface area contributed by atoms with Crippen LogP contribution in [0.25, 0.3) is 0 Å². The molecule has 1 aromatic carbocycles. The first-order valence-corrected chi connectivity index (χ1v) is 8.34. The van der Waals surface area contributed by atoms with Crippen LogP contribution in [-0.4, -0.2) is 40.4 Å². The summed E-state index contributed by atoms with van der Waals surface area (Å²) in [6, 6.07) is 9.11. The topological polar surface area (TPSA) is 62.7 Å². The van der Waals surface area contributed by atoms with Crippen LogP contribution in [0.5, 0.6) is 5.88 Å². The lowest BCUT2D eigenvalue weighted by molar-refractivity contribution is 0.0696. The van der Waals surface area contributed by atoms with Crippen molar-refractivity contribution in [1.82, 2.24) is 9.88 Å². The van der Waals surface area contributed by atoms with Gasteiger partial charge in [0.25, 0.3) is 0 Å². The Morgan fingerprint density at radius 1 is 1.43 bits per heavy atom. The number of carboxylic acids is 1. The van der Waals surface area contributed by atoms with Crippen LogP contribution in [0, 0.1) is 0 Å². The monoisotopic (exact) mass is 330 g/mol. The quantitative estimate of drug-likeness (QED) is 0.930. The molecule has 6 heteroatoms. The molecule has 2 aromatic rings. The van der Waals surface area contributed by atoms with Gasteiger partial charge in [0, 0.05) is 42.5 Å². The van der Waals surface area contributed by atoms with Gasteiger partial charge in [-0.15, -0.1) is 11.8 Å². The molecule has 1 aromatic heterocycles. The van der Waals surface area contributed by atoms with Gasteiger partial charge >= 0.3 is 5.97 Å². The highest BCUT2D eigenvalue weighted by atomic mass is 32.2. The van der Waals surface area contributed by atoms with E-state index in [9.17, 15) is 4.79 Å². The van der Waals surface area contributed by atoms with Crippen molar-refractivity contribution in [2.45, 2.75) is 18.0 Å². The molecule has 3 rings (SSSR count). The zero-order valence-electron chi connectivity index (χ0n) is 12.9. The van der Waals surface area contributed by atoms with Crippen molar-refractivity contribution in [3.63, 3.8) is 0 Å². The molecule has 0 unspecified atom stereocenters. The molecule has 1 aliphatic rings. The Bertz CT molecular complexity index is 721. The molecule has 1 N–H and O–H groups in total. The fourth-order valence-electron chi connectivity index (χ4n) is 2.63. The molecule has 0 radical (unpaired) electrons. The molecule has 0 saturated carbocycles. The van der Waals surface area contributed by atoms with E-state index in [1.54, 1.807) is 37.1 Å². The predicted molar refractivity (Wildman–Crippen MR) is 89.0 cm³/mol. The van der Waals surface area contributed by atoms with Gasteiger partial charge in [0.2, 0.25) is 5.88 Å². The molecule has 0 fully saturated rings. The molecular formula is C17H18N2O3S. The van der Waals surface area contributed by atoms with E-state index in [2.05, 4.69) is 9.88 Å².